The highest BCUT2D eigenvalue weighted by atomic mass is 35.5. The van der Waals surface area contributed by atoms with E-state index in [0.717, 1.165) is 22.2 Å². The van der Waals surface area contributed by atoms with Crippen molar-refractivity contribution < 1.29 is 4.39 Å². The predicted octanol–water partition coefficient (Wildman–Crippen LogP) is 5.02. The first-order valence-electron chi connectivity index (χ1n) is 6.31. The summed E-state index contributed by atoms with van der Waals surface area (Å²) in [5.41, 5.74) is 1.61. The second-order valence-corrected chi connectivity index (χ2v) is 6.06. The van der Waals surface area contributed by atoms with Crippen molar-refractivity contribution >= 4 is 33.2 Å². The molecule has 0 spiro atoms. The lowest BCUT2D eigenvalue weighted by Gasteiger charge is -2.05. The third-order valence-electron chi connectivity index (χ3n) is 3.19. The molecule has 0 fully saturated rings. The molecule has 20 heavy (non-hydrogen) atoms. The lowest BCUT2D eigenvalue weighted by atomic mass is 10.1. The van der Waals surface area contributed by atoms with E-state index in [0.29, 0.717) is 16.5 Å². The molecule has 0 atom stereocenters. The molecule has 0 aliphatic carbocycles. The number of aryl methyl sites for hydroxylation is 2. The summed E-state index contributed by atoms with van der Waals surface area (Å²) in [6.45, 7) is 3.99. The molecule has 0 aliphatic rings. The van der Waals surface area contributed by atoms with Gasteiger partial charge < -0.3 is 0 Å². The van der Waals surface area contributed by atoms with Crippen LogP contribution in [0.2, 0.25) is 5.15 Å². The lowest BCUT2D eigenvalue weighted by molar-refractivity contribution is 0.628. The van der Waals surface area contributed by atoms with Crippen LogP contribution in [0, 0.1) is 12.7 Å². The van der Waals surface area contributed by atoms with Crippen molar-refractivity contribution in [1.29, 1.82) is 0 Å². The fourth-order valence-corrected chi connectivity index (χ4v) is 3.31. The Labute approximate surface area is 125 Å². The van der Waals surface area contributed by atoms with E-state index in [1.807, 2.05) is 13.0 Å². The van der Waals surface area contributed by atoms with Crippen molar-refractivity contribution in [1.82, 2.24) is 9.97 Å². The van der Waals surface area contributed by atoms with Gasteiger partial charge in [0.05, 0.1) is 0 Å². The van der Waals surface area contributed by atoms with Crippen molar-refractivity contribution in [2.24, 2.45) is 0 Å². The number of fused-ring (bicyclic) bond motifs is 1. The SMILES string of the molecule is CCc1cc2c(Cl)nc(-c3cc(F)ccc3C)nc2s1. The zero-order chi connectivity index (χ0) is 14.3. The van der Waals surface area contributed by atoms with Crippen LogP contribution in [-0.4, -0.2) is 9.97 Å². The second kappa shape index (κ2) is 5.11. The number of nitrogens with zero attached hydrogens (tertiary/aromatic N) is 2. The molecule has 5 heteroatoms. The molecular weight excluding hydrogens is 295 g/mol. The van der Waals surface area contributed by atoms with Gasteiger partial charge in [0.25, 0.3) is 0 Å². The van der Waals surface area contributed by atoms with Crippen LogP contribution in [0.15, 0.2) is 24.3 Å². The molecule has 0 radical (unpaired) electrons. The molecule has 3 aromatic rings. The summed E-state index contributed by atoms with van der Waals surface area (Å²) < 4.78 is 13.4. The molecule has 2 aromatic heterocycles. The number of halogens is 2. The smallest absolute Gasteiger partial charge is 0.162 e. The molecule has 0 bridgehead atoms. The van der Waals surface area contributed by atoms with Gasteiger partial charge in [-0.25, -0.2) is 14.4 Å². The van der Waals surface area contributed by atoms with Gasteiger partial charge >= 0.3 is 0 Å². The average Bonchev–Trinajstić information content (AvgIpc) is 2.85. The summed E-state index contributed by atoms with van der Waals surface area (Å²) >= 11 is 7.84. The minimum Gasteiger partial charge on any atom is -0.217 e. The standard InChI is InChI=1S/C15H12ClFN2S/c1-3-10-7-12-13(16)18-14(19-15(12)20-10)11-6-9(17)5-4-8(11)2/h4-7H,3H2,1-2H3. The molecule has 0 unspecified atom stereocenters. The van der Waals surface area contributed by atoms with E-state index < -0.39 is 0 Å². The number of thiophene rings is 1. The van der Waals surface area contributed by atoms with Gasteiger partial charge in [0.1, 0.15) is 15.8 Å². The number of rotatable bonds is 2. The van der Waals surface area contributed by atoms with Gasteiger partial charge in [-0.3, -0.25) is 0 Å². The fourth-order valence-electron chi connectivity index (χ4n) is 2.07. The molecular formula is C15H12ClFN2S. The van der Waals surface area contributed by atoms with Gasteiger partial charge in [-0.2, -0.15) is 0 Å². The zero-order valence-corrected chi connectivity index (χ0v) is 12.6. The molecule has 2 heterocycles. The molecule has 0 saturated heterocycles. The Kier molecular flexibility index (Phi) is 3.44. The fraction of sp³-hybridized carbons (Fsp3) is 0.200. The Hall–Kier alpha value is -1.52. The molecule has 0 amide bonds. The van der Waals surface area contributed by atoms with Crippen LogP contribution in [0.5, 0.6) is 0 Å². The molecule has 1 aromatic carbocycles. The maximum atomic E-state index is 13.4. The van der Waals surface area contributed by atoms with E-state index in [2.05, 4.69) is 16.9 Å². The summed E-state index contributed by atoms with van der Waals surface area (Å²) in [7, 11) is 0. The maximum absolute atomic E-state index is 13.4. The number of benzene rings is 1. The first kappa shape index (κ1) is 13.5. The van der Waals surface area contributed by atoms with E-state index in [1.54, 1.807) is 17.4 Å². The molecule has 3 rings (SSSR count). The molecule has 0 saturated carbocycles. The minimum absolute atomic E-state index is 0.300. The van der Waals surface area contributed by atoms with Crippen molar-refractivity contribution in [3.8, 4) is 11.4 Å². The predicted molar refractivity (Wildman–Crippen MR) is 81.9 cm³/mol. The minimum atomic E-state index is -0.300. The van der Waals surface area contributed by atoms with Crippen LogP contribution in [-0.2, 0) is 6.42 Å². The van der Waals surface area contributed by atoms with E-state index in [9.17, 15) is 4.39 Å². The summed E-state index contributed by atoms with van der Waals surface area (Å²) in [5.74, 6) is 0.176. The van der Waals surface area contributed by atoms with Crippen molar-refractivity contribution in [3.63, 3.8) is 0 Å². The first-order valence-corrected chi connectivity index (χ1v) is 7.50. The highest BCUT2D eigenvalue weighted by Gasteiger charge is 2.13. The van der Waals surface area contributed by atoms with Crippen LogP contribution in [0.25, 0.3) is 21.6 Å². The van der Waals surface area contributed by atoms with E-state index >= 15 is 0 Å². The van der Waals surface area contributed by atoms with Gasteiger partial charge in [0.2, 0.25) is 0 Å². The lowest BCUT2D eigenvalue weighted by Crippen LogP contribution is -1.93. The highest BCUT2D eigenvalue weighted by molar-refractivity contribution is 7.18. The number of aromatic nitrogens is 2. The Morgan fingerprint density at radius 2 is 2.05 bits per heavy atom. The Morgan fingerprint density at radius 1 is 1.25 bits per heavy atom. The van der Waals surface area contributed by atoms with Gasteiger partial charge in [-0.15, -0.1) is 11.3 Å². The quantitative estimate of drug-likeness (QED) is 0.621. The van der Waals surface area contributed by atoms with Crippen LogP contribution < -0.4 is 0 Å². The summed E-state index contributed by atoms with van der Waals surface area (Å²) in [6, 6.07) is 6.61. The third-order valence-corrected chi connectivity index (χ3v) is 4.65. The summed E-state index contributed by atoms with van der Waals surface area (Å²) in [6.07, 6.45) is 0.936. The van der Waals surface area contributed by atoms with Gasteiger partial charge in [0.15, 0.2) is 5.82 Å². The van der Waals surface area contributed by atoms with Crippen molar-refractivity contribution in [2.75, 3.05) is 0 Å². The number of hydrogen-bond acceptors (Lipinski definition) is 3. The maximum Gasteiger partial charge on any atom is 0.162 e. The van der Waals surface area contributed by atoms with Crippen molar-refractivity contribution in [2.45, 2.75) is 20.3 Å². The number of hydrogen-bond donors (Lipinski definition) is 0. The summed E-state index contributed by atoms with van der Waals surface area (Å²) in [4.78, 5) is 10.9. The first-order chi connectivity index (χ1) is 9.58. The van der Waals surface area contributed by atoms with E-state index in [-0.39, 0.29) is 5.82 Å². The highest BCUT2D eigenvalue weighted by Crippen LogP contribution is 2.32. The van der Waals surface area contributed by atoms with Crippen LogP contribution in [0.3, 0.4) is 0 Å². The van der Waals surface area contributed by atoms with E-state index in [4.69, 9.17) is 11.6 Å². The van der Waals surface area contributed by atoms with E-state index in [1.165, 1.54) is 17.0 Å². The topological polar surface area (TPSA) is 25.8 Å². The second-order valence-electron chi connectivity index (χ2n) is 4.58. The molecule has 102 valence electrons. The normalized spacial score (nSPS) is 11.2. The Bertz CT molecular complexity index is 798. The van der Waals surface area contributed by atoms with Crippen molar-refractivity contribution in [3.05, 3.63) is 45.7 Å². The third kappa shape index (κ3) is 2.30. The van der Waals surface area contributed by atoms with Gasteiger partial charge in [-0.05, 0) is 37.1 Å². The zero-order valence-electron chi connectivity index (χ0n) is 11.1. The van der Waals surface area contributed by atoms with Gasteiger partial charge in [0, 0.05) is 15.8 Å². The summed E-state index contributed by atoms with van der Waals surface area (Å²) in [5, 5.41) is 1.29. The van der Waals surface area contributed by atoms with Crippen LogP contribution >= 0.6 is 22.9 Å². The van der Waals surface area contributed by atoms with Crippen LogP contribution in [0.4, 0.5) is 4.39 Å². The Morgan fingerprint density at radius 3 is 2.80 bits per heavy atom. The molecule has 2 nitrogen and oxygen atoms in total. The Balaban J connectivity index is 2.24. The monoisotopic (exact) mass is 306 g/mol. The van der Waals surface area contributed by atoms with Crippen LogP contribution in [0.1, 0.15) is 17.4 Å². The van der Waals surface area contributed by atoms with Gasteiger partial charge in [-0.1, -0.05) is 24.6 Å². The molecule has 0 N–H and O–H groups in total. The molecule has 0 aliphatic heterocycles. The average molecular weight is 307 g/mol. The largest absolute Gasteiger partial charge is 0.217 e.